The van der Waals surface area contributed by atoms with Gasteiger partial charge in [-0.3, -0.25) is 4.79 Å². The van der Waals surface area contributed by atoms with E-state index in [1.807, 2.05) is 0 Å². The molecule has 76 valence electrons. The van der Waals surface area contributed by atoms with Gasteiger partial charge in [0.2, 0.25) is 0 Å². The molecule has 0 aliphatic carbocycles. The van der Waals surface area contributed by atoms with Gasteiger partial charge in [-0.25, -0.2) is 13.8 Å². The average molecular weight is 202 g/mol. The highest BCUT2D eigenvalue weighted by Gasteiger charge is 2.21. The molecule has 0 unspecified atom stereocenters. The van der Waals surface area contributed by atoms with E-state index >= 15 is 0 Å². The van der Waals surface area contributed by atoms with Crippen LogP contribution in [0.25, 0.3) is 0 Å². The van der Waals surface area contributed by atoms with Gasteiger partial charge >= 0.3 is 0 Å². The molecule has 0 spiro atoms. The molecule has 2 N–H and O–H groups in total. The van der Waals surface area contributed by atoms with E-state index in [2.05, 4.69) is 9.72 Å². The first-order valence-corrected chi connectivity index (χ1v) is 3.67. The fraction of sp³-hybridized carbons (Fsp3) is 0.250. The molecule has 1 aromatic rings. The number of carbonyl (C=O) groups is 1. The third-order valence-electron chi connectivity index (χ3n) is 1.66. The van der Waals surface area contributed by atoms with Crippen molar-refractivity contribution in [2.75, 3.05) is 12.8 Å². The van der Waals surface area contributed by atoms with Gasteiger partial charge in [0, 0.05) is 0 Å². The number of ether oxygens (including phenoxy) is 1. The van der Waals surface area contributed by atoms with Gasteiger partial charge in [0.05, 0.1) is 24.6 Å². The highest BCUT2D eigenvalue weighted by Crippen LogP contribution is 2.34. The van der Waals surface area contributed by atoms with Crippen molar-refractivity contribution in [2.24, 2.45) is 0 Å². The van der Waals surface area contributed by atoms with Crippen LogP contribution in [-0.2, 0) is 0 Å². The summed E-state index contributed by atoms with van der Waals surface area (Å²) in [6.07, 6.45) is -1.45. The van der Waals surface area contributed by atoms with Crippen molar-refractivity contribution < 1.29 is 18.3 Å². The molecule has 0 saturated carbocycles. The van der Waals surface area contributed by atoms with Crippen LogP contribution in [0.5, 0.6) is 5.75 Å². The van der Waals surface area contributed by atoms with Gasteiger partial charge in [-0.05, 0) is 0 Å². The molecule has 0 bridgehead atoms. The normalized spacial score (nSPS) is 10.3. The summed E-state index contributed by atoms with van der Waals surface area (Å²) in [5.41, 5.74) is 4.41. The number of carbonyl (C=O) groups excluding carboxylic acids is 1. The maximum absolute atomic E-state index is 12.5. The topological polar surface area (TPSA) is 65.2 Å². The van der Waals surface area contributed by atoms with Crippen LogP contribution in [-0.4, -0.2) is 18.4 Å². The zero-order valence-corrected chi connectivity index (χ0v) is 7.33. The van der Waals surface area contributed by atoms with Crippen molar-refractivity contribution in [2.45, 2.75) is 6.43 Å². The molecule has 0 saturated heterocycles. The van der Waals surface area contributed by atoms with Crippen molar-refractivity contribution in [3.05, 3.63) is 17.5 Å². The molecule has 6 heteroatoms. The smallest absolute Gasteiger partial charge is 0.269 e. The first kappa shape index (κ1) is 10.4. The van der Waals surface area contributed by atoms with E-state index in [4.69, 9.17) is 5.73 Å². The van der Waals surface area contributed by atoms with E-state index in [1.165, 1.54) is 7.11 Å². The zero-order valence-electron chi connectivity index (χ0n) is 7.33. The number of nitrogens with two attached hydrogens (primary N) is 1. The van der Waals surface area contributed by atoms with E-state index < -0.39 is 12.0 Å². The Morgan fingerprint density at radius 1 is 1.64 bits per heavy atom. The van der Waals surface area contributed by atoms with Crippen molar-refractivity contribution in [3.8, 4) is 5.75 Å². The molecule has 0 radical (unpaired) electrons. The molecule has 1 heterocycles. The van der Waals surface area contributed by atoms with Crippen molar-refractivity contribution in [1.29, 1.82) is 0 Å². The summed E-state index contributed by atoms with van der Waals surface area (Å²) in [5, 5.41) is 0. The number of aldehydes is 1. The van der Waals surface area contributed by atoms with Crippen molar-refractivity contribution >= 4 is 12.0 Å². The summed E-state index contributed by atoms with van der Waals surface area (Å²) in [7, 11) is 1.18. The Labute approximate surface area is 78.7 Å². The SMILES string of the molecule is COc1c(C=O)ncc(N)c1C(F)F. The molecular formula is C8H8F2N2O2. The van der Waals surface area contributed by atoms with Crippen LogP contribution in [0.2, 0.25) is 0 Å². The number of anilines is 1. The van der Waals surface area contributed by atoms with Crippen LogP contribution in [0, 0.1) is 0 Å². The number of hydrogen-bond donors (Lipinski definition) is 1. The molecule has 0 amide bonds. The summed E-state index contributed by atoms with van der Waals surface area (Å²) in [6.45, 7) is 0. The van der Waals surface area contributed by atoms with Gasteiger partial charge in [0.25, 0.3) is 6.43 Å². The van der Waals surface area contributed by atoms with Crippen molar-refractivity contribution in [3.63, 3.8) is 0 Å². The number of alkyl halides is 2. The fourth-order valence-corrected chi connectivity index (χ4v) is 1.06. The Morgan fingerprint density at radius 3 is 2.71 bits per heavy atom. The lowest BCUT2D eigenvalue weighted by Gasteiger charge is -2.11. The van der Waals surface area contributed by atoms with Gasteiger partial charge in [0.1, 0.15) is 5.69 Å². The highest BCUT2D eigenvalue weighted by atomic mass is 19.3. The summed E-state index contributed by atoms with van der Waals surface area (Å²) < 4.78 is 29.6. The fourth-order valence-electron chi connectivity index (χ4n) is 1.06. The van der Waals surface area contributed by atoms with Crippen LogP contribution in [0.1, 0.15) is 22.5 Å². The monoisotopic (exact) mass is 202 g/mol. The largest absolute Gasteiger partial charge is 0.494 e. The van der Waals surface area contributed by atoms with E-state index in [9.17, 15) is 13.6 Å². The third kappa shape index (κ3) is 1.63. The van der Waals surface area contributed by atoms with Crippen LogP contribution in [0.4, 0.5) is 14.5 Å². The Morgan fingerprint density at radius 2 is 2.29 bits per heavy atom. The Balaban J connectivity index is 3.42. The number of nitrogen functional groups attached to an aromatic ring is 1. The number of hydrogen-bond acceptors (Lipinski definition) is 4. The summed E-state index contributed by atoms with van der Waals surface area (Å²) in [6, 6.07) is 0. The van der Waals surface area contributed by atoms with Gasteiger partial charge in [-0.2, -0.15) is 0 Å². The minimum Gasteiger partial charge on any atom is -0.494 e. The Bertz CT molecular complexity index is 355. The minimum atomic E-state index is -2.80. The number of methoxy groups -OCH3 is 1. The number of rotatable bonds is 3. The summed E-state index contributed by atoms with van der Waals surface area (Å²) >= 11 is 0. The van der Waals surface area contributed by atoms with Gasteiger partial charge in [-0.1, -0.05) is 0 Å². The number of pyridine rings is 1. The Hall–Kier alpha value is -1.72. The van der Waals surface area contributed by atoms with E-state index in [0.717, 1.165) is 6.20 Å². The quantitative estimate of drug-likeness (QED) is 0.753. The van der Waals surface area contributed by atoms with E-state index in [1.54, 1.807) is 0 Å². The molecule has 4 nitrogen and oxygen atoms in total. The summed E-state index contributed by atoms with van der Waals surface area (Å²) in [4.78, 5) is 14.0. The molecule has 14 heavy (non-hydrogen) atoms. The average Bonchev–Trinajstić information content (AvgIpc) is 2.16. The highest BCUT2D eigenvalue weighted by molar-refractivity contribution is 5.79. The van der Waals surface area contributed by atoms with Crippen LogP contribution in [0.3, 0.4) is 0 Å². The zero-order chi connectivity index (χ0) is 10.7. The molecule has 0 atom stereocenters. The lowest BCUT2D eigenvalue weighted by Crippen LogP contribution is -2.04. The lowest BCUT2D eigenvalue weighted by molar-refractivity contribution is 0.111. The predicted molar refractivity (Wildman–Crippen MR) is 45.5 cm³/mol. The standard InChI is InChI=1S/C8H8F2N2O2/c1-14-7-5(3-13)12-2-4(11)6(7)8(9)10/h2-3,8H,11H2,1H3. The van der Waals surface area contributed by atoms with E-state index in [-0.39, 0.29) is 17.1 Å². The molecule has 1 rings (SSSR count). The van der Waals surface area contributed by atoms with Gasteiger partial charge < -0.3 is 10.5 Å². The lowest BCUT2D eigenvalue weighted by atomic mass is 10.2. The maximum Gasteiger partial charge on any atom is 0.269 e. The summed E-state index contributed by atoms with van der Waals surface area (Å²) in [5.74, 6) is -0.269. The third-order valence-corrected chi connectivity index (χ3v) is 1.66. The Kier molecular flexibility index (Phi) is 2.95. The number of nitrogens with zero attached hydrogens (tertiary/aromatic N) is 1. The second kappa shape index (κ2) is 3.99. The molecule has 0 fully saturated rings. The van der Waals surface area contributed by atoms with Gasteiger partial charge in [0.15, 0.2) is 12.0 Å². The van der Waals surface area contributed by atoms with Crippen molar-refractivity contribution in [1.82, 2.24) is 4.98 Å². The number of aromatic nitrogens is 1. The first-order valence-electron chi connectivity index (χ1n) is 3.67. The predicted octanol–water partition coefficient (Wildman–Crippen LogP) is 1.42. The first-order chi connectivity index (χ1) is 6.61. The molecule has 0 aromatic carbocycles. The minimum absolute atomic E-state index is 0.183. The van der Waals surface area contributed by atoms with Gasteiger partial charge in [-0.15, -0.1) is 0 Å². The van der Waals surface area contributed by atoms with E-state index in [0.29, 0.717) is 6.29 Å². The second-order valence-electron chi connectivity index (χ2n) is 2.46. The molecule has 0 aliphatic heterocycles. The number of halogens is 2. The maximum atomic E-state index is 12.5. The van der Waals surface area contributed by atoms with Crippen LogP contribution in [0.15, 0.2) is 6.20 Å². The van der Waals surface area contributed by atoms with Crippen LogP contribution < -0.4 is 10.5 Å². The second-order valence-corrected chi connectivity index (χ2v) is 2.46. The molecular weight excluding hydrogens is 194 g/mol. The molecule has 0 aliphatic rings. The van der Waals surface area contributed by atoms with Crippen LogP contribution >= 0.6 is 0 Å². The molecule has 1 aromatic heterocycles.